The molecule has 1 fully saturated rings. The maximum Gasteiger partial charge on any atom is 0.0802 e. The second-order valence-corrected chi connectivity index (χ2v) is 6.55. The number of fused-ring (bicyclic) bond motifs is 1. The van der Waals surface area contributed by atoms with E-state index in [1.54, 1.807) is 5.57 Å². The smallest absolute Gasteiger partial charge is 0.0802 e. The van der Waals surface area contributed by atoms with Gasteiger partial charge in [-0.25, -0.2) is 0 Å². The monoisotopic (exact) mass is 222 g/mol. The van der Waals surface area contributed by atoms with Crippen LogP contribution in [0.4, 0.5) is 0 Å². The van der Waals surface area contributed by atoms with Gasteiger partial charge in [-0.05, 0) is 56.3 Å². The van der Waals surface area contributed by atoms with Crippen LogP contribution in [-0.4, -0.2) is 10.7 Å². The van der Waals surface area contributed by atoms with Crippen molar-refractivity contribution in [1.82, 2.24) is 0 Å². The number of rotatable bonds is 1. The Hall–Kier alpha value is -0.300. The van der Waals surface area contributed by atoms with E-state index >= 15 is 0 Å². The van der Waals surface area contributed by atoms with E-state index in [0.717, 1.165) is 24.2 Å². The van der Waals surface area contributed by atoms with Gasteiger partial charge in [0.1, 0.15) is 0 Å². The van der Waals surface area contributed by atoms with Crippen LogP contribution < -0.4 is 0 Å². The number of allylic oxidation sites excluding steroid dienone is 1. The summed E-state index contributed by atoms with van der Waals surface area (Å²) < 4.78 is 0. The van der Waals surface area contributed by atoms with Crippen molar-refractivity contribution in [2.75, 3.05) is 0 Å². The fraction of sp³-hybridized carbons (Fsp3) is 0.867. The van der Waals surface area contributed by atoms with E-state index in [-0.39, 0.29) is 0 Å². The lowest BCUT2D eigenvalue weighted by molar-refractivity contribution is 0.0684. The molecule has 0 aromatic heterocycles. The average Bonchev–Trinajstić information content (AvgIpc) is 2.15. The van der Waals surface area contributed by atoms with E-state index in [9.17, 15) is 5.11 Å². The van der Waals surface area contributed by atoms with Gasteiger partial charge in [-0.15, -0.1) is 0 Å². The zero-order valence-corrected chi connectivity index (χ0v) is 11.2. The first-order valence-corrected chi connectivity index (χ1v) is 6.86. The topological polar surface area (TPSA) is 20.2 Å². The Bertz CT molecular complexity index is 288. The predicted molar refractivity (Wildman–Crippen MR) is 68.2 cm³/mol. The first-order valence-electron chi connectivity index (χ1n) is 6.86. The van der Waals surface area contributed by atoms with Crippen molar-refractivity contribution in [3.63, 3.8) is 0 Å². The molecule has 0 aromatic rings. The second kappa shape index (κ2) is 4.18. The van der Waals surface area contributed by atoms with Crippen LogP contribution in [0.2, 0.25) is 0 Å². The molecule has 2 aliphatic carbocycles. The zero-order chi connectivity index (χ0) is 11.9. The molecule has 2 rings (SSSR count). The third kappa shape index (κ3) is 2.20. The minimum Gasteiger partial charge on any atom is -0.386 e. The maximum absolute atomic E-state index is 10.2. The molecule has 1 unspecified atom stereocenters. The quantitative estimate of drug-likeness (QED) is 0.669. The standard InChI is InChI=1S/C15H26O/c1-10(2)12-6-5-11(3)13-7-8-15(4,16)9-14(12)13/h9-13,16H,5-8H2,1-4H3/t11-,12+,13-,15?/m0/s1. The number of hydrogen-bond acceptors (Lipinski definition) is 1. The molecule has 4 atom stereocenters. The Morgan fingerprint density at radius 3 is 2.62 bits per heavy atom. The molecule has 0 bridgehead atoms. The summed E-state index contributed by atoms with van der Waals surface area (Å²) in [5.41, 5.74) is 1.03. The Kier molecular flexibility index (Phi) is 3.18. The summed E-state index contributed by atoms with van der Waals surface area (Å²) in [6.45, 7) is 8.99. The Labute approximate surface area is 99.9 Å². The summed E-state index contributed by atoms with van der Waals surface area (Å²) >= 11 is 0. The van der Waals surface area contributed by atoms with Gasteiger partial charge < -0.3 is 5.11 Å². The molecule has 0 aliphatic heterocycles. The van der Waals surface area contributed by atoms with E-state index in [1.165, 1.54) is 19.3 Å². The molecular formula is C15H26O. The van der Waals surface area contributed by atoms with Crippen LogP contribution in [0.3, 0.4) is 0 Å². The fourth-order valence-electron chi connectivity index (χ4n) is 3.68. The molecule has 0 heterocycles. The van der Waals surface area contributed by atoms with Crippen LogP contribution in [0.5, 0.6) is 0 Å². The van der Waals surface area contributed by atoms with Crippen LogP contribution in [0.25, 0.3) is 0 Å². The van der Waals surface area contributed by atoms with Gasteiger partial charge in [0, 0.05) is 0 Å². The zero-order valence-electron chi connectivity index (χ0n) is 11.2. The molecule has 16 heavy (non-hydrogen) atoms. The molecule has 2 aliphatic rings. The van der Waals surface area contributed by atoms with E-state index in [1.807, 2.05) is 6.92 Å². The average molecular weight is 222 g/mol. The highest BCUT2D eigenvalue weighted by Gasteiger charge is 2.39. The molecule has 92 valence electrons. The molecule has 0 saturated heterocycles. The van der Waals surface area contributed by atoms with Crippen LogP contribution in [0.1, 0.15) is 53.4 Å². The minimum absolute atomic E-state index is 0.546. The molecule has 1 N–H and O–H groups in total. The van der Waals surface area contributed by atoms with Gasteiger partial charge in [-0.1, -0.05) is 32.4 Å². The lowest BCUT2D eigenvalue weighted by Gasteiger charge is -2.44. The van der Waals surface area contributed by atoms with Crippen LogP contribution in [0.15, 0.2) is 11.6 Å². The predicted octanol–water partition coefficient (Wildman–Crippen LogP) is 3.78. The maximum atomic E-state index is 10.2. The molecule has 1 saturated carbocycles. The lowest BCUT2D eigenvalue weighted by atomic mass is 9.62. The van der Waals surface area contributed by atoms with Gasteiger partial charge in [0.2, 0.25) is 0 Å². The van der Waals surface area contributed by atoms with Gasteiger partial charge in [-0.2, -0.15) is 0 Å². The van der Waals surface area contributed by atoms with Crippen LogP contribution in [0, 0.1) is 23.7 Å². The first kappa shape index (κ1) is 12.2. The first-order chi connectivity index (χ1) is 7.41. The highest BCUT2D eigenvalue weighted by molar-refractivity contribution is 5.23. The van der Waals surface area contributed by atoms with Gasteiger partial charge in [0.15, 0.2) is 0 Å². The van der Waals surface area contributed by atoms with Gasteiger partial charge in [0.05, 0.1) is 5.60 Å². The van der Waals surface area contributed by atoms with Crippen molar-refractivity contribution < 1.29 is 5.11 Å². The van der Waals surface area contributed by atoms with Gasteiger partial charge in [-0.3, -0.25) is 0 Å². The van der Waals surface area contributed by atoms with Crippen molar-refractivity contribution >= 4 is 0 Å². The fourth-order valence-corrected chi connectivity index (χ4v) is 3.68. The summed E-state index contributed by atoms with van der Waals surface area (Å²) in [5.74, 6) is 3.00. The molecule has 0 radical (unpaired) electrons. The molecule has 0 amide bonds. The molecular weight excluding hydrogens is 196 g/mol. The summed E-state index contributed by atoms with van der Waals surface area (Å²) in [4.78, 5) is 0. The van der Waals surface area contributed by atoms with Gasteiger partial charge >= 0.3 is 0 Å². The van der Waals surface area contributed by atoms with E-state index in [2.05, 4.69) is 26.8 Å². The number of hydrogen-bond donors (Lipinski definition) is 1. The van der Waals surface area contributed by atoms with Gasteiger partial charge in [0.25, 0.3) is 0 Å². The summed E-state index contributed by atoms with van der Waals surface area (Å²) in [6, 6.07) is 0. The highest BCUT2D eigenvalue weighted by atomic mass is 16.3. The molecule has 0 aromatic carbocycles. The van der Waals surface area contributed by atoms with Crippen molar-refractivity contribution in [3.8, 4) is 0 Å². The summed E-state index contributed by atoms with van der Waals surface area (Å²) in [6.07, 6.45) is 7.01. The van der Waals surface area contributed by atoms with E-state index < -0.39 is 5.60 Å². The largest absolute Gasteiger partial charge is 0.386 e. The third-order valence-corrected chi connectivity index (χ3v) is 4.72. The van der Waals surface area contributed by atoms with Crippen molar-refractivity contribution in [2.24, 2.45) is 23.7 Å². The van der Waals surface area contributed by atoms with E-state index in [0.29, 0.717) is 5.92 Å². The van der Waals surface area contributed by atoms with Crippen molar-refractivity contribution in [3.05, 3.63) is 11.6 Å². The van der Waals surface area contributed by atoms with Crippen LogP contribution >= 0.6 is 0 Å². The molecule has 0 spiro atoms. The Morgan fingerprint density at radius 2 is 2.00 bits per heavy atom. The third-order valence-electron chi connectivity index (χ3n) is 4.72. The summed E-state index contributed by atoms with van der Waals surface area (Å²) in [7, 11) is 0. The molecule has 1 heteroatoms. The van der Waals surface area contributed by atoms with E-state index in [4.69, 9.17) is 0 Å². The number of aliphatic hydroxyl groups is 1. The Balaban J connectivity index is 2.30. The van der Waals surface area contributed by atoms with Crippen LogP contribution in [-0.2, 0) is 0 Å². The highest BCUT2D eigenvalue weighted by Crippen LogP contribution is 2.47. The normalized spacial score (nSPS) is 44.1. The summed E-state index contributed by atoms with van der Waals surface area (Å²) in [5, 5.41) is 10.2. The molecule has 1 nitrogen and oxygen atoms in total. The Morgan fingerprint density at radius 1 is 1.31 bits per heavy atom. The lowest BCUT2D eigenvalue weighted by Crippen LogP contribution is -2.37. The second-order valence-electron chi connectivity index (χ2n) is 6.55. The minimum atomic E-state index is -0.546. The SMILES string of the molecule is CC(C)[C@H]1CC[C@H](C)[C@@H]2CCC(C)(O)C=C21. The van der Waals surface area contributed by atoms with Crippen molar-refractivity contribution in [2.45, 2.75) is 59.0 Å². The van der Waals surface area contributed by atoms with Crippen molar-refractivity contribution in [1.29, 1.82) is 0 Å².